The summed E-state index contributed by atoms with van der Waals surface area (Å²) >= 11 is 0. The van der Waals surface area contributed by atoms with Gasteiger partial charge in [0.05, 0.1) is 18.2 Å². The van der Waals surface area contributed by atoms with Crippen molar-refractivity contribution in [1.29, 1.82) is 0 Å². The number of pyridine rings is 2. The van der Waals surface area contributed by atoms with E-state index in [1.165, 1.54) is 0 Å². The molecule has 1 amide bonds. The van der Waals surface area contributed by atoms with E-state index < -0.39 is 0 Å². The van der Waals surface area contributed by atoms with Crippen molar-refractivity contribution < 1.29 is 4.79 Å². The quantitative estimate of drug-likeness (QED) is 0.760. The standard InChI is InChI=1S/C18H20N6O/c25-18(21-11-15-14-6-3-9-20-17(14)23-22-15)13-5-4-10-24(12-13)16-7-1-2-8-19-16/h1-3,6-9,13H,4-5,10-12H2,(H,21,25)(H,20,22,23). The fourth-order valence-corrected chi connectivity index (χ4v) is 3.30. The summed E-state index contributed by atoms with van der Waals surface area (Å²) in [5.74, 6) is 0.987. The van der Waals surface area contributed by atoms with Gasteiger partial charge in [0, 0.05) is 30.9 Å². The maximum atomic E-state index is 12.6. The molecule has 4 heterocycles. The molecule has 1 unspecified atom stereocenters. The van der Waals surface area contributed by atoms with Crippen molar-refractivity contribution in [1.82, 2.24) is 25.5 Å². The second-order valence-electron chi connectivity index (χ2n) is 6.27. The van der Waals surface area contributed by atoms with E-state index in [9.17, 15) is 4.79 Å². The maximum Gasteiger partial charge on any atom is 0.225 e. The molecule has 1 aliphatic heterocycles. The summed E-state index contributed by atoms with van der Waals surface area (Å²) < 4.78 is 0. The zero-order valence-electron chi connectivity index (χ0n) is 13.9. The number of amides is 1. The van der Waals surface area contributed by atoms with Gasteiger partial charge in [-0.2, -0.15) is 5.10 Å². The topological polar surface area (TPSA) is 86.8 Å². The number of rotatable bonds is 4. The van der Waals surface area contributed by atoms with Crippen LogP contribution in [0.3, 0.4) is 0 Å². The van der Waals surface area contributed by atoms with E-state index in [1.807, 2.05) is 30.3 Å². The Labute approximate surface area is 145 Å². The van der Waals surface area contributed by atoms with Gasteiger partial charge in [0.15, 0.2) is 5.65 Å². The molecule has 0 radical (unpaired) electrons. The third-order valence-electron chi connectivity index (χ3n) is 4.61. The Balaban J connectivity index is 1.39. The number of fused-ring (bicyclic) bond motifs is 1. The van der Waals surface area contributed by atoms with Crippen molar-refractivity contribution in [3.05, 3.63) is 48.4 Å². The van der Waals surface area contributed by atoms with Gasteiger partial charge in [-0.3, -0.25) is 9.89 Å². The lowest BCUT2D eigenvalue weighted by Gasteiger charge is -2.32. The molecular formula is C18H20N6O. The molecule has 4 rings (SSSR count). The first-order chi connectivity index (χ1) is 12.3. The number of nitrogens with one attached hydrogen (secondary N) is 2. The number of aromatic amines is 1. The highest BCUT2D eigenvalue weighted by Crippen LogP contribution is 2.21. The Morgan fingerprint density at radius 2 is 2.16 bits per heavy atom. The van der Waals surface area contributed by atoms with Crippen LogP contribution in [0.4, 0.5) is 5.82 Å². The molecule has 2 N–H and O–H groups in total. The number of aromatic nitrogens is 4. The minimum Gasteiger partial charge on any atom is -0.356 e. The van der Waals surface area contributed by atoms with Crippen molar-refractivity contribution in [2.45, 2.75) is 19.4 Å². The fourth-order valence-electron chi connectivity index (χ4n) is 3.30. The summed E-state index contributed by atoms with van der Waals surface area (Å²) in [4.78, 5) is 23.4. The number of anilines is 1. The molecule has 0 bridgehead atoms. The second kappa shape index (κ2) is 6.88. The van der Waals surface area contributed by atoms with E-state index in [0.29, 0.717) is 18.7 Å². The number of H-pyrrole nitrogens is 1. The second-order valence-corrected chi connectivity index (χ2v) is 6.27. The van der Waals surface area contributed by atoms with E-state index in [2.05, 4.69) is 30.4 Å². The van der Waals surface area contributed by atoms with Crippen LogP contribution in [0, 0.1) is 5.92 Å². The van der Waals surface area contributed by atoms with Crippen molar-refractivity contribution in [3.63, 3.8) is 0 Å². The molecule has 0 aliphatic carbocycles. The van der Waals surface area contributed by atoms with Gasteiger partial charge in [-0.1, -0.05) is 6.07 Å². The third-order valence-corrected chi connectivity index (χ3v) is 4.61. The summed E-state index contributed by atoms with van der Waals surface area (Å²) in [5.41, 5.74) is 1.56. The number of nitrogens with zero attached hydrogens (tertiary/aromatic N) is 4. The van der Waals surface area contributed by atoms with Gasteiger partial charge in [0.2, 0.25) is 5.91 Å². The lowest BCUT2D eigenvalue weighted by atomic mass is 9.97. The van der Waals surface area contributed by atoms with E-state index >= 15 is 0 Å². The first-order valence-corrected chi connectivity index (χ1v) is 8.53. The van der Waals surface area contributed by atoms with Gasteiger partial charge in [-0.25, -0.2) is 9.97 Å². The zero-order chi connectivity index (χ0) is 17.1. The molecule has 128 valence electrons. The minimum atomic E-state index is -0.0249. The van der Waals surface area contributed by atoms with E-state index in [-0.39, 0.29) is 11.8 Å². The van der Waals surface area contributed by atoms with Crippen LogP contribution >= 0.6 is 0 Å². The Bertz CT molecular complexity index is 862. The number of carbonyl (C=O) groups excluding carboxylic acids is 1. The summed E-state index contributed by atoms with van der Waals surface area (Å²) in [5, 5.41) is 11.1. The van der Waals surface area contributed by atoms with Crippen LogP contribution < -0.4 is 10.2 Å². The van der Waals surface area contributed by atoms with E-state index in [4.69, 9.17) is 0 Å². The Kier molecular flexibility index (Phi) is 4.28. The van der Waals surface area contributed by atoms with Crippen LogP contribution in [0.25, 0.3) is 11.0 Å². The average molecular weight is 336 g/mol. The van der Waals surface area contributed by atoms with E-state index in [0.717, 1.165) is 36.3 Å². The summed E-state index contributed by atoms with van der Waals surface area (Å²) in [6.45, 7) is 2.08. The molecule has 7 nitrogen and oxygen atoms in total. The number of carbonyl (C=O) groups is 1. The van der Waals surface area contributed by atoms with Crippen LogP contribution in [-0.2, 0) is 11.3 Å². The molecular weight excluding hydrogens is 316 g/mol. The number of hydrogen-bond acceptors (Lipinski definition) is 5. The monoisotopic (exact) mass is 336 g/mol. The number of piperidine rings is 1. The fraction of sp³-hybridized carbons (Fsp3) is 0.333. The predicted molar refractivity (Wildman–Crippen MR) is 94.9 cm³/mol. The van der Waals surface area contributed by atoms with Gasteiger partial charge in [0.1, 0.15) is 5.82 Å². The lowest BCUT2D eigenvalue weighted by molar-refractivity contribution is -0.125. The highest BCUT2D eigenvalue weighted by Gasteiger charge is 2.26. The molecule has 0 aromatic carbocycles. The maximum absolute atomic E-state index is 12.6. The Morgan fingerprint density at radius 3 is 3.04 bits per heavy atom. The van der Waals surface area contributed by atoms with Crippen LogP contribution in [0.5, 0.6) is 0 Å². The van der Waals surface area contributed by atoms with Crippen molar-refractivity contribution >= 4 is 22.8 Å². The molecule has 0 saturated carbocycles. The SMILES string of the molecule is O=C(NCc1[nH]nc2ncccc12)C1CCCN(c2ccccn2)C1. The minimum absolute atomic E-state index is 0.0249. The molecule has 1 atom stereocenters. The van der Waals surface area contributed by atoms with Crippen molar-refractivity contribution in [3.8, 4) is 0 Å². The Hall–Kier alpha value is -2.96. The summed E-state index contributed by atoms with van der Waals surface area (Å²) in [6, 6.07) is 9.69. The molecule has 7 heteroatoms. The molecule has 3 aromatic rings. The average Bonchev–Trinajstić information content (AvgIpc) is 3.10. The molecule has 1 fully saturated rings. The molecule has 3 aromatic heterocycles. The van der Waals surface area contributed by atoms with Crippen LogP contribution in [0.1, 0.15) is 18.5 Å². The molecule has 1 saturated heterocycles. The molecule has 25 heavy (non-hydrogen) atoms. The zero-order valence-corrected chi connectivity index (χ0v) is 13.9. The normalized spacial score (nSPS) is 17.6. The van der Waals surface area contributed by atoms with E-state index in [1.54, 1.807) is 12.4 Å². The van der Waals surface area contributed by atoms with Crippen LogP contribution in [-0.4, -0.2) is 39.2 Å². The first kappa shape index (κ1) is 15.6. The lowest BCUT2D eigenvalue weighted by Crippen LogP contribution is -2.43. The predicted octanol–water partition coefficient (Wildman–Crippen LogP) is 1.89. The first-order valence-electron chi connectivity index (χ1n) is 8.53. The Morgan fingerprint density at radius 1 is 1.24 bits per heavy atom. The third kappa shape index (κ3) is 3.31. The van der Waals surface area contributed by atoms with Gasteiger partial charge in [-0.05, 0) is 37.1 Å². The van der Waals surface area contributed by atoms with Crippen molar-refractivity contribution in [2.24, 2.45) is 5.92 Å². The van der Waals surface area contributed by atoms with Crippen LogP contribution in [0.15, 0.2) is 42.7 Å². The van der Waals surface area contributed by atoms with Crippen molar-refractivity contribution in [2.75, 3.05) is 18.0 Å². The summed E-state index contributed by atoms with van der Waals surface area (Å²) in [6.07, 6.45) is 5.39. The molecule has 0 spiro atoms. The van der Waals surface area contributed by atoms with Crippen LogP contribution in [0.2, 0.25) is 0 Å². The molecule has 1 aliphatic rings. The van der Waals surface area contributed by atoms with Gasteiger partial charge in [-0.15, -0.1) is 0 Å². The number of hydrogen-bond donors (Lipinski definition) is 2. The highest BCUT2D eigenvalue weighted by molar-refractivity contribution is 5.81. The largest absolute Gasteiger partial charge is 0.356 e. The van der Waals surface area contributed by atoms with Gasteiger partial charge < -0.3 is 10.2 Å². The highest BCUT2D eigenvalue weighted by atomic mass is 16.1. The van der Waals surface area contributed by atoms with Gasteiger partial charge >= 0.3 is 0 Å². The smallest absolute Gasteiger partial charge is 0.225 e. The van der Waals surface area contributed by atoms with Gasteiger partial charge in [0.25, 0.3) is 0 Å². The summed E-state index contributed by atoms with van der Waals surface area (Å²) in [7, 11) is 0.